The van der Waals surface area contributed by atoms with Crippen LogP contribution in [0.5, 0.6) is 0 Å². The van der Waals surface area contributed by atoms with E-state index in [0.717, 1.165) is 18.9 Å². The Balaban J connectivity index is 2.25. The Hall–Kier alpha value is -0.940. The average molecular weight is 257 g/mol. The fraction of sp³-hybridized carbons (Fsp3) is 0.500. The second-order valence-corrected chi connectivity index (χ2v) is 6.48. The van der Waals surface area contributed by atoms with Gasteiger partial charge in [0.2, 0.25) is 10.0 Å². The Kier molecular flexibility index (Phi) is 3.49. The highest BCUT2D eigenvalue weighted by atomic mass is 32.2. The lowest BCUT2D eigenvalue weighted by Crippen LogP contribution is -2.37. The van der Waals surface area contributed by atoms with Crippen LogP contribution in [0.25, 0.3) is 0 Å². The van der Waals surface area contributed by atoms with Gasteiger partial charge in [-0.25, -0.2) is 12.8 Å². The first-order chi connectivity index (χ1) is 8.00. The van der Waals surface area contributed by atoms with Gasteiger partial charge in [-0.2, -0.15) is 4.31 Å². The van der Waals surface area contributed by atoms with Gasteiger partial charge in [-0.3, -0.25) is 0 Å². The summed E-state index contributed by atoms with van der Waals surface area (Å²) in [5.74, 6) is 0.0467. The second kappa shape index (κ2) is 4.74. The maximum absolute atomic E-state index is 13.0. The predicted molar refractivity (Wildman–Crippen MR) is 63.6 cm³/mol. The summed E-state index contributed by atoms with van der Waals surface area (Å²) in [6.45, 7) is 3.17. The molecular formula is C12H16FNO2S. The van der Waals surface area contributed by atoms with Gasteiger partial charge in [-0.05, 0) is 37.0 Å². The van der Waals surface area contributed by atoms with Gasteiger partial charge in [0, 0.05) is 13.1 Å². The molecule has 0 bridgehead atoms. The van der Waals surface area contributed by atoms with Gasteiger partial charge in [-0.15, -0.1) is 0 Å². The fourth-order valence-corrected chi connectivity index (χ4v) is 3.50. The molecule has 0 saturated carbocycles. The molecule has 0 amide bonds. The number of benzene rings is 1. The number of rotatable bonds is 2. The highest BCUT2D eigenvalue weighted by molar-refractivity contribution is 7.89. The fourth-order valence-electron chi connectivity index (χ4n) is 2.00. The molecule has 1 aliphatic rings. The van der Waals surface area contributed by atoms with Crippen LogP contribution in [0.2, 0.25) is 0 Å². The molecule has 1 aromatic carbocycles. The molecule has 3 nitrogen and oxygen atoms in total. The van der Waals surface area contributed by atoms with Crippen molar-refractivity contribution in [3.8, 4) is 0 Å². The summed E-state index contributed by atoms with van der Waals surface area (Å²) in [6.07, 6.45) is 1.74. The standard InChI is InChI=1S/C12H16FNO2S/c1-10-5-7-14(8-6-10)17(15,16)12-4-2-3-11(13)9-12/h2-4,9-10H,5-8H2,1H3. The van der Waals surface area contributed by atoms with E-state index < -0.39 is 15.8 Å². The Morgan fingerprint density at radius 1 is 1.29 bits per heavy atom. The van der Waals surface area contributed by atoms with Crippen LogP contribution in [-0.4, -0.2) is 25.8 Å². The van der Waals surface area contributed by atoms with Gasteiger partial charge in [0.15, 0.2) is 0 Å². The van der Waals surface area contributed by atoms with Crippen molar-refractivity contribution in [3.63, 3.8) is 0 Å². The summed E-state index contributed by atoms with van der Waals surface area (Å²) in [5, 5.41) is 0. The Bertz CT molecular complexity index is 493. The summed E-state index contributed by atoms with van der Waals surface area (Å²) in [7, 11) is -3.51. The maximum Gasteiger partial charge on any atom is 0.243 e. The van der Waals surface area contributed by atoms with Crippen LogP contribution >= 0.6 is 0 Å². The van der Waals surface area contributed by atoms with Crippen LogP contribution in [0.3, 0.4) is 0 Å². The Labute approximate surface area is 101 Å². The first-order valence-corrected chi connectivity index (χ1v) is 7.20. The lowest BCUT2D eigenvalue weighted by molar-refractivity contribution is 0.288. The van der Waals surface area contributed by atoms with E-state index in [4.69, 9.17) is 0 Å². The molecule has 0 unspecified atom stereocenters. The van der Waals surface area contributed by atoms with Gasteiger partial charge in [0.1, 0.15) is 5.82 Å². The van der Waals surface area contributed by atoms with Crippen molar-refractivity contribution in [3.05, 3.63) is 30.1 Å². The number of hydrogen-bond donors (Lipinski definition) is 0. The lowest BCUT2D eigenvalue weighted by atomic mass is 10.0. The minimum Gasteiger partial charge on any atom is -0.207 e. The van der Waals surface area contributed by atoms with E-state index in [9.17, 15) is 12.8 Å². The third kappa shape index (κ3) is 2.66. The van der Waals surface area contributed by atoms with Crippen LogP contribution in [0.15, 0.2) is 29.2 Å². The van der Waals surface area contributed by atoms with Crippen molar-refractivity contribution in [1.82, 2.24) is 4.31 Å². The number of halogens is 1. The topological polar surface area (TPSA) is 37.4 Å². The number of sulfonamides is 1. The summed E-state index contributed by atoms with van der Waals surface area (Å²) >= 11 is 0. The number of nitrogens with zero attached hydrogens (tertiary/aromatic N) is 1. The largest absolute Gasteiger partial charge is 0.243 e. The van der Waals surface area contributed by atoms with Gasteiger partial charge in [0.05, 0.1) is 4.90 Å². The zero-order valence-electron chi connectivity index (χ0n) is 9.77. The minimum atomic E-state index is -3.51. The molecular weight excluding hydrogens is 241 g/mol. The molecule has 1 aromatic rings. The molecule has 94 valence electrons. The van der Waals surface area contributed by atoms with Gasteiger partial charge < -0.3 is 0 Å². The van der Waals surface area contributed by atoms with E-state index in [1.54, 1.807) is 0 Å². The van der Waals surface area contributed by atoms with Crippen molar-refractivity contribution in [2.75, 3.05) is 13.1 Å². The highest BCUT2D eigenvalue weighted by Gasteiger charge is 2.28. The van der Waals surface area contributed by atoms with Crippen LogP contribution in [0, 0.1) is 11.7 Å². The first kappa shape index (κ1) is 12.5. The molecule has 0 radical (unpaired) electrons. The molecule has 17 heavy (non-hydrogen) atoms. The molecule has 0 N–H and O–H groups in total. The lowest BCUT2D eigenvalue weighted by Gasteiger charge is -2.29. The second-order valence-electron chi connectivity index (χ2n) is 4.54. The molecule has 1 fully saturated rings. The highest BCUT2D eigenvalue weighted by Crippen LogP contribution is 2.23. The smallest absolute Gasteiger partial charge is 0.207 e. The van der Waals surface area contributed by atoms with Crippen LogP contribution < -0.4 is 0 Å². The SMILES string of the molecule is CC1CCN(S(=O)(=O)c2cccc(F)c2)CC1. The first-order valence-electron chi connectivity index (χ1n) is 5.76. The van der Waals surface area contributed by atoms with Crippen molar-refractivity contribution < 1.29 is 12.8 Å². The molecule has 5 heteroatoms. The molecule has 2 rings (SSSR count). The third-order valence-corrected chi connectivity index (χ3v) is 5.07. The van der Waals surface area contributed by atoms with E-state index in [2.05, 4.69) is 6.92 Å². The molecule has 0 aliphatic carbocycles. The summed E-state index contributed by atoms with van der Waals surface area (Å²) < 4.78 is 38.9. The minimum absolute atomic E-state index is 0.0482. The van der Waals surface area contributed by atoms with Gasteiger partial charge in [-0.1, -0.05) is 13.0 Å². The summed E-state index contributed by atoms with van der Waals surface area (Å²) in [4.78, 5) is 0.0482. The number of piperidine rings is 1. The average Bonchev–Trinajstić information content (AvgIpc) is 2.29. The van der Waals surface area contributed by atoms with E-state index >= 15 is 0 Å². The number of hydrogen-bond acceptors (Lipinski definition) is 2. The van der Waals surface area contributed by atoms with Crippen LogP contribution in [0.4, 0.5) is 4.39 Å². The van der Waals surface area contributed by atoms with Crippen LogP contribution in [0.1, 0.15) is 19.8 Å². The normalized spacial score (nSPS) is 19.4. The quantitative estimate of drug-likeness (QED) is 0.815. The van der Waals surface area contributed by atoms with Crippen molar-refractivity contribution in [2.45, 2.75) is 24.7 Å². The van der Waals surface area contributed by atoms with Crippen molar-refractivity contribution >= 4 is 10.0 Å². The summed E-state index contributed by atoms with van der Waals surface area (Å²) in [5.41, 5.74) is 0. The third-order valence-electron chi connectivity index (χ3n) is 3.18. The predicted octanol–water partition coefficient (Wildman–Crippen LogP) is 2.25. The van der Waals surface area contributed by atoms with Gasteiger partial charge >= 0.3 is 0 Å². The molecule has 1 aliphatic heterocycles. The molecule has 0 atom stereocenters. The molecule has 1 heterocycles. The summed E-state index contributed by atoms with van der Waals surface area (Å²) in [6, 6.07) is 5.19. The maximum atomic E-state index is 13.0. The van der Waals surface area contributed by atoms with E-state index in [1.807, 2.05) is 0 Å². The van der Waals surface area contributed by atoms with Gasteiger partial charge in [0.25, 0.3) is 0 Å². The zero-order valence-corrected chi connectivity index (χ0v) is 10.6. The molecule has 1 saturated heterocycles. The molecule has 0 aromatic heterocycles. The van der Waals surface area contributed by atoms with Crippen LogP contribution in [-0.2, 0) is 10.0 Å². The Morgan fingerprint density at radius 2 is 1.94 bits per heavy atom. The van der Waals surface area contributed by atoms with E-state index in [0.29, 0.717) is 19.0 Å². The Morgan fingerprint density at radius 3 is 2.53 bits per heavy atom. The van der Waals surface area contributed by atoms with Crippen molar-refractivity contribution in [1.29, 1.82) is 0 Å². The van der Waals surface area contributed by atoms with E-state index in [1.165, 1.54) is 22.5 Å². The monoisotopic (exact) mass is 257 g/mol. The van der Waals surface area contributed by atoms with E-state index in [-0.39, 0.29) is 4.90 Å². The molecule has 0 spiro atoms. The van der Waals surface area contributed by atoms with Crippen molar-refractivity contribution in [2.24, 2.45) is 5.92 Å². The zero-order chi connectivity index (χ0) is 12.5.